The Morgan fingerprint density at radius 3 is 3.08 bits per heavy atom. The molecule has 12 heavy (non-hydrogen) atoms. The lowest BCUT2D eigenvalue weighted by Crippen LogP contribution is -1.96. The molecule has 2 aromatic heterocycles. The Labute approximate surface area is 68.4 Å². The number of nitrogens with one attached hydrogen (secondary N) is 1. The number of anilines is 1. The Morgan fingerprint density at radius 2 is 2.33 bits per heavy atom. The van der Waals surface area contributed by atoms with Crippen LogP contribution in [0.4, 0.5) is 5.82 Å². The molecule has 2 aromatic rings. The fourth-order valence-electron chi connectivity index (χ4n) is 0.964. The molecule has 0 aliphatic carbocycles. The van der Waals surface area contributed by atoms with E-state index in [2.05, 4.69) is 26.5 Å². The maximum atomic E-state index is 5.61. The van der Waals surface area contributed by atoms with Gasteiger partial charge in [-0.15, -0.1) is 0 Å². The van der Waals surface area contributed by atoms with Gasteiger partial charge in [0.05, 0.1) is 6.33 Å². The van der Waals surface area contributed by atoms with Gasteiger partial charge in [0.15, 0.2) is 17.3 Å². The second-order valence-electron chi connectivity index (χ2n) is 2.27. The van der Waals surface area contributed by atoms with Crippen molar-refractivity contribution in [1.29, 1.82) is 0 Å². The van der Waals surface area contributed by atoms with Gasteiger partial charge in [-0.1, -0.05) is 6.58 Å². The molecule has 0 amide bonds. The first-order valence-electron chi connectivity index (χ1n) is 3.40. The number of nitrogens with two attached hydrogens (primary N) is 1. The van der Waals surface area contributed by atoms with Crippen LogP contribution in [0, 0.1) is 0 Å². The number of rotatable bonds is 1. The van der Waals surface area contributed by atoms with Gasteiger partial charge in [-0.25, -0.2) is 15.0 Å². The van der Waals surface area contributed by atoms with Crippen LogP contribution in [0.25, 0.3) is 17.2 Å². The molecule has 0 spiro atoms. The molecular weight excluding hydrogens is 154 g/mol. The van der Waals surface area contributed by atoms with Gasteiger partial charge >= 0.3 is 0 Å². The van der Waals surface area contributed by atoms with E-state index < -0.39 is 0 Å². The lowest BCUT2D eigenvalue weighted by molar-refractivity contribution is 1.17. The summed E-state index contributed by atoms with van der Waals surface area (Å²) in [5.74, 6) is 0.888. The van der Waals surface area contributed by atoms with Gasteiger partial charge in [-0.3, -0.25) is 0 Å². The molecule has 0 saturated carbocycles. The van der Waals surface area contributed by atoms with Crippen molar-refractivity contribution in [2.45, 2.75) is 0 Å². The molecule has 5 heteroatoms. The zero-order chi connectivity index (χ0) is 8.55. The maximum Gasteiger partial charge on any atom is 0.183 e. The van der Waals surface area contributed by atoms with Gasteiger partial charge in [-0.2, -0.15) is 0 Å². The number of aromatic nitrogens is 4. The van der Waals surface area contributed by atoms with Crippen LogP contribution < -0.4 is 5.73 Å². The summed E-state index contributed by atoms with van der Waals surface area (Å²) in [7, 11) is 0. The predicted octanol–water partition coefficient (Wildman–Crippen LogP) is 0.578. The fourth-order valence-corrected chi connectivity index (χ4v) is 0.964. The first kappa shape index (κ1) is 6.78. The summed E-state index contributed by atoms with van der Waals surface area (Å²) < 4.78 is 0. The van der Waals surface area contributed by atoms with Crippen molar-refractivity contribution in [2.24, 2.45) is 0 Å². The zero-order valence-electron chi connectivity index (χ0n) is 6.28. The summed E-state index contributed by atoms with van der Waals surface area (Å²) in [6.07, 6.45) is 3.06. The van der Waals surface area contributed by atoms with Crippen molar-refractivity contribution in [3.8, 4) is 0 Å². The molecule has 0 aliphatic heterocycles. The fraction of sp³-hybridized carbons (Fsp3) is 0. The number of imidazole rings is 1. The number of hydrogen-bond acceptors (Lipinski definition) is 4. The van der Waals surface area contributed by atoms with Gasteiger partial charge in [0.2, 0.25) is 0 Å². The molecule has 0 unspecified atom stereocenters. The average molecular weight is 161 g/mol. The Bertz CT molecular complexity index is 430. The molecular formula is C7H7N5. The molecule has 2 heterocycles. The predicted molar refractivity (Wildman–Crippen MR) is 46.2 cm³/mol. The smallest absolute Gasteiger partial charge is 0.183 e. The van der Waals surface area contributed by atoms with Crippen LogP contribution >= 0.6 is 0 Å². The number of fused-ring (bicyclic) bond motifs is 1. The van der Waals surface area contributed by atoms with Crippen molar-refractivity contribution < 1.29 is 0 Å². The minimum Gasteiger partial charge on any atom is -0.382 e. The van der Waals surface area contributed by atoms with Gasteiger partial charge in [0.1, 0.15) is 5.52 Å². The Balaban J connectivity index is 2.83. The first-order chi connectivity index (χ1) is 5.81. The first-order valence-corrected chi connectivity index (χ1v) is 3.40. The minimum atomic E-state index is 0.396. The monoisotopic (exact) mass is 161 g/mol. The quantitative estimate of drug-likeness (QED) is 0.641. The van der Waals surface area contributed by atoms with Gasteiger partial charge in [0, 0.05) is 0 Å². The number of nitrogen functional groups attached to an aromatic ring is 1. The van der Waals surface area contributed by atoms with E-state index in [0.717, 1.165) is 0 Å². The van der Waals surface area contributed by atoms with Crippen LogP contribution in [-0.4, -0.2) is 19.9 Å². The normalized spacial score (nSPS) is 10.3. The van der Waals surface area contributed by atoms with E-state index >= 15 is 0 Å². The Hall–Kier alpha value is -1.91. The van der Waals surface area contributed by atoms with E-state index in [1.165, 1.54) is 12.4 Å². The number of hydrogen-bond donors (Lipinski definition) is 2. The summed E-state index contributed by atoms with van der Waals surface area (Å²) in [6, 6.07) is 0. The molecule has 2 rings (SSSR count). The highest BCUT2D eigenvalue weighted by Gasteiger charge is 2.03. The van der Waals surface area contributed by atoms with E-state index in [-0.39, 0.29) is 0 Å². The molecule has 0 aliphatic rings. The largest absolute Gasteiger partial charge is 0.382 e. The maximum absolute atomic E-state index is 5.61. The molecule has 0 atom stereocenters. The van der Waals surface area contributed by atoms with Crippen LogP contribution in [-0.2, 0) is 0 Å². The van der Waals surface area contributed by atoms with E-state index in [4.69, 9.17) is 5.73 Å². The third-order valence-electron chi connectivity index (χ3n) is 1.51. The summed E-state index contributed by atoms with van der Waals surface area (Å²) in [5, 5.41) is 0. The van der Waals surface area contributed by atoms with Crippen LogP contribution in [0.2, 0.25) is 0 Å². The highest BCUT2D eigenvalue weighted by Crippen LogP contribution is 2.12. The number of H-pyrrole nitrogens is 1. The van der Waals surface area contributed by atoms with Crippen LogP contribution in [0.1, 0.15) is 5.82 Å². The van der Waals surface area contributed by atoms with Crippen molar-refractivity contribution >= 4 is 23.1 Å². The highest BCUT2D eigenvalue weighted by atomic mass is 15.0. The lowest BCUT2D eigenvalue weighted by atomic mass is 10.4. The zero-order valence-corrected chi connectivity index (χ0v) is 6.28. The molecule has 0 fully saturated rings. The summed E-state index contributed by atoms with van der Waals surface area (Å²) >= 11 is 0. The summed E-state index contributed by atoms with van der Waals surface area (Å²) in [6.45, 7) is 3.54. The Kier molecular flexibility index (Phi) is 1.30. The molecule has 5 nitrogen and oxygen atoms in total. The van der Waals surface area contributed by atoms with Crippen molar-refractivity contribution in [3.05, 3.63) is 18.7 Å². The lowest BCUT2D eigenvalue weighted by Gasteiger charge is -1.95. The van der Waals surface area contributed by atoms with Crippen LogP contribution in [0.5, 0.6) is 0 Å². The second-order valence-corrected chi connectivity index (χ2v) is 2.27. The van der Waals surface area contributed by atoms with Gasteiger partial charge in [-0.05, 0) is 6.08 Å². The molecule has 0 saturated heterocycles. The topological polar surface area (TPSA) is 80.5 Å². The minimum absolute atomic E-state index is 0.396. The molecule has 60 valence electrons. The third kappa shape index (κ3) is 0.833. The third-order valence-corrected chi connectivity index (χ3v) is 1.51. The van der Waals surface area contributed by atoms with Crippen molar-refractivity contribution in [1.82, 2.24) is 19.9 Å². The molecule has 0 aromatic carbocycles. The average Bonchev–Trinajstić information content (AvgIpc) is 2.52. The van der Waals surface area contributed by atoms with E-state index in [0.29, 0.717) is 22.8 Å². The van der Waals surface area contributed by atoms with Crippen molar-refractivity contribution in [3.63, 3.8) is 0 Å². The standard InChI is InChI=1S/C7H7N5/c1-2-4-11-6(8)5-7(12-4)10-3-9-5/h2-3H,1H2,(H3,8,9,10,11,12). The van der Waals surface area contributed by atoms with Gasteiger partial charge in [0.25, 0.3) is 0 Å². The SMILES string of the molecule is C=Cc1nc(N)c2[nH]cnc2n1. The molecule has 0 radical (unpaired) electrons. The van der Waals surface area contributed by atoms with Gasteiger partial charge < -0.3 is 10.7 Å². The van der Waals surface area contributed by atoms with Crippen molar-refractivity contribution in [2.75, 3.05) is 5.73 Å². The van der Waals surface area contributed by atoms with Crippen LogP contribution in [0.3, 0.4) is 0 Å². The summed E-state index contributed by atoms with van der Waals surface area (Å²) in [5.41, 5.74) is 6.84. The second kappa shape index (κ2) is 2.30. The molecule has 0 bridgehead atoms. The number of nitrogens with zero attached hydrogens (tertiary/aromatic N) is 3. The number of aromatic amines is 1. The summed E-state index contributed by atoms with van der Waals surface area (Å²) in [4.78, 5) is 14.8. The van der Waals surface area contributed by atoms with E-state index in [9.17, 15) is 0 Å². The molecule has 3 N–H and O–H groups in total. The van der Waals surface area contributed by atoms with E-state index in [1.807, 2.05) is 0 Å². The Morgan fingerprint density at radius 1 is 1.50 bits per heavy atom. The van der Waals surface area contributed by atoms with Crippen LogP contribution in [0.15, 0.2) is 12.9 Å². The van der Waals surface area contributed by atoms with E-state index in [1.54, 1.807) is 0 Å². The highest BCUT2D eigenvalue weighted by molar-refractivity contribution is 5.81.